The summed E-state index contributed by atoms with van der Waals surface area (Å²) >= 11 is 6.08. The molecule has 1 aromatic heterocycles. The molecule has 0 aromatic carbocycles. The van der Waals surface area contributed by atoms with Gasteiger partial charge in [-0.2, -0.15) is 0 Å². The van der Waals surface area contributed by atoms with Gasteiger partial charge in [-0.05, 0) is 49.9 Å². The van der Waals surface area contributed by atoms with Gasteiger partial charge in [0.15, 0.2) is 0 Å². The lowest BCUT2D eigenvalue weighted by molar-refractivity contribution is 0.376. The Balaban J connectivity index is 1.99. The van der Waals surface area contributed by atoms with Crippen molar-refractivity contribution in [3.05, 3.63) is 29.0 Å². The number of hydrogen-bond acceptors (Lipinski definition) is 2. The van der Waals surface area contributed by atoms with Crippen LogP contribution >= 0.6 is 11.6 Å². The number of halogens is 1. The molecule has 0 radical (unpaired) electrons. The van der Waals surface area contributed by atoms with Gasteiger partial charge in [-0.15, -0.1) is 0 Å². The lowest BCUT2D eigenvalue weighted by Crippen LogP contribution is -2.30. The second-order valence-corrected chi connectivity index (χ2v) is 4.29. The zero-order valence-corrected chi connectivity index (χ0v) is 8.93. The molecule has 76 valence electrons. The Labute approximate surface area is 89.7 Å². The summed E-state index contributed by atoms with van der Waals surface area (Å²) in [5.74, 6) is 0.727. The molecule has 1 aliphatic rings. The van der Waals surface area contributed by atoms with Gasteiger partial charge in [-0.1, -0.05) is 11.6 Å². The predicted octanol–water partition coefficient (Wildman–Crippen LogP) is 2.28. The standard InChI is InChI=1S/C11H15ClN2/c12-11-3-5-14-8-10(11)6-9-2-1-4-13-7-9/h3,5,8-9,13H,1-2,4,6-7H2. The summed E-state index contributed by atoms with van der Waals surface area (Å²) in [7, 11) is 0. The Hall–Kier alpha value is -0.600. The summed E-state index contributed by atoms with van der Waals surface area (Å²) in [6, 6.07) is 1.87. The monoisotopic (exact) mass is 210 g/mol. The van der Waals surface area contributed by atoms with E-state index in [4.69, 9.17) is 11.6 Å². The Morgan fingerprint density at radius 1 is 1.57 bits per heavy atom. The van der Waals surface area contributed by atoms with Crippen molar-refractivity contribution in [3.8, 4) is 0 Å². The minimum Gasteiger partial charge on any atom is -0.316 e. The quantitative estimate of drug-likeness (QED) is 0.810. The molecule has 14 heavy (non-hydrogen) atoms. The minimum absolute atomic E-state index is 0.727. The molecule has 1 unspecified atom stereocenters. The lowest BCUT2D eigenvalue weighted by Gasteiger charge is -2.22. The fourth-order valence-electron chi connectivity index (χ4n) is 1.97. The maximum absolute atomic E-state index is 6.08. The number of pyridine rings is 1. The Bertz CT molecular complexity index is 295. The molecular weight excluding hydrogens is 196 g/mol. The van der Waals surface area contributed by atoms with E-state index in [0.29, 0.717) is 0 Å². The topological polar surface area (TPSA) is 24.9 Å². The summed E-state index contributed by atoms with van der Waals surface area (Å²) < 4.78 is 0. The number of aromatic nitrogens is 1. The average molecular weight is 211 g/mol. The van der Waals surface area contributed by atoms with Gasteiger partial charge in [0.25, 0.3) is 0 Å². The van der Waals surface area contributed by atoms with E-state index < -0.39 is 0 Å². The largest absolute Gasteiger partial charge is 0.316 e. The zero-order chi connectivity index (χ0) is 9.80. The average Bonchev–Trinajstić information content (AvgIpc) is 2.23. The van der Waals surface area contributed by atoms with Crippen LogP contribution in [0.4, 0.5) is 0 Å². The maximum Gasteiger partial charge on any atom is 0.0468 e. The van der Waals surface area contributed by atoms with Crippen LogP contribution in [0.25, 0.3) is 0 Å². The van der Waals surface area contributed by atoms with Crippen LogP contribution in [0.5, 0.6) is 0 Å². The molecule has 1 fully saturated rings. The summed E-state index contributed by atoms with van der Waals surface area (Å²) in [6.07, 6.45) is 7.27. The van der Waals surface area contributed by atoms with Crippen LogP contribution in [0.1, 0.15) is 18.4 Å². The summed E-state index contributed by atoms with van der Waals surface area (Å²) in [5.41, 5.74) is 1.18. The minimum atomic E-state index is 0.727. The fraction of sp³-hybridized carbons (Fsp3) is 0.545. The molecule has 1 saturated heterocycles. The van der Waals surface area contributed by atoms with Crippen molar-refractivity contribution in [2.45, 2.75) is 19.3 Å². The van der Waals surface area contributed by atoms with E-state index >= 15 is 0 Å². The second kappa shape index (κ2) is 4.76. The molecule has 1 N–H and O–H groups in total. The lowest BCUT2D eigenvalue weighted by atomic mass is 9.93. The fourth-order valence-corrected chi connectivity index (χ4v) is 2.15. The number of piperidine rings is 1. The molecule has 2 nitrogen and oxygen atoms in total. The highest BCUT2D eigenvalue weighted by molar-refractivity contribution is 6.31. The van der Waals surface area contributed by atoms with Crippen LogP contribution in [0.3, 0.4) is 0 Å². The van der Waals surface area contributed by atoms with E-state index in [9.17, 15) is 0 Å². The third-order valence-electron chi connectivity index (χ3n) is 2.75. The van der Waals surface area contributed by atoms with E-state index in [1.165, 1.54) is 18.4 Å². The molecule has 0 saturated carbocycles. The first-order chi connectivity index (χ1) is 6.86. The molecule has 0 spiro atoms. The highest BCUT2D eigenvalue weighted by atomic mass is 35.5. The first-order valence-corrected chi connectivity index (χ1v) is 5.53. The van der Waals surface area contributed by atoms with Crippen LogP contribution in [0.15, 0.2) is 18.5 Å². The third kappa shape index (κ3) is 2.46. The van der Waals surface area contributed by atoms with Gasteiger partial charge in [0.1, 0.15) is 0 Å². The van der Waals surface area contributed by atoms with Crippen molar-refractivity contribution in [2.24, 2.45) is 5.92 Å². The molecule has 0 amide bonds. The van der Waals surface area contributed by atoms with Gasteiger partial charge in [0.05, 0.1) is 0 Å². The number of nitrogens with one attached hydrogen (secondary N) is 1. The van der Waals surface area contributed by atoms with Crippen molar-refractivity contribution in [1.82, 2.24) is 10.3 Å². The molecule has 2 heterocycles. The van der Waals surface area contributed by atoms with E-state index in [2.05, 4.69) is 10.3 Å². The Morgan fingerprint density at radius 3 is 3.21 bits per heavy atom. The normalized spacial score (nSPS) is 22.2. The maximum atomic E-state index is 6.08. The van der Waals surface area contributed by atoms with Crippen molar-refractivity contribution in [2.75, 3.05) is 13.1 Å². The molecule has 1 aliphatic heterocycles. The van der Waals surface area contributed by atoms with Gasteiger partial charge in [0, 0.05) is 17.4 Å². The van der Waals surface area contributed by atoms with Crippen LogP contribution in [0.2, 0.25) is 5.02 Å². The van der Waals surface area contributed by atoms with E-state index in [1.807, 2.05) is 12.3 Å². The predicted molar refractivity (Wildman–Crippen MR) is 58.5 cm³/mol. The van der Waals surface area contributed by atoms with Crippen LogP contribution < -0.4 is 5.32 Å². The van der Waals surface area contributed by atoms with Gasteiger partial charge in [-0.3, -0.25) is 4.98 Å². The zero-order valence-electron chi connectivity index (χ0n) is 8.17. The molecular formula is C11H15ClN2. The molecule has 0 aliphatic carbocycles. The third-order valence-corrected chi connectivity index (χ3v) is 3.12. The SMILES string of the molecule is Clc1ccncc1CC1CCCNC1. The summed E-state index contributed by atoms with van der Waals surface area (Å²) in [6.45, 7) is 2.28. The molecule has 1 aromatic rings. The Kier molecular flexibility index (Phi) is 3.38. The highest BCUT2D eigenvalue weighted by Gasteiger charge is 2.14. The number of rotatable bonds is 2. The number of nitrogens with zero attached hydrogens (tertiary/aromatic N) is 1. The van der Waals surface area contributed by atoms with E-state index in [-0.39, 0.29) is 0 Å². The molecule has 3 heteroatoms. The van der Waals surface area contributed by atoms with Crippen molar-refractivity contribution >= 4 is 11.6 Å². The van der Waals surface area contributed by atoms with Crippen molar-refractivity contribution in [3.63, 3.8) is 0 Å². The van der Waals surface area contributed by atoms with Gasteiger partial charge in [-0.25, -0.2) is 0 Å². The Morgan fingerprint density at radius 2 is 2.50 bits per heavy atom. The first kappa shape index (κ1) is 9.94. The first-order valence-electron chi connectivity index (χ1n) is 5.15. The van der Waals surface area contributed by atoms with E-state index in [1.54, 1.807) is 6.20 Å². The smallest absolute Gasteiger partial charge is 0.0468 e. The van der Waals surface area contributed by atoms with Gasteiger partial charge in [0.2, 0.25) is 0 Å². The van der Waals surface area contributed by atoms with E-state index in [0.717, 1.165) is 30.5 Å². The summed E-state index contributed by atoms with van der Waals surface area (Å²) in [4.78, 5) is 4.11. The molecule has 0 bridgehead atoms. The molecule has 2 rings (SSSR count). The van der Waals surface area contributed by atoms with Crippen LogP contribution in [-0.2, 0) is 6.42 Å². The van der Waals surface area contributed by atoms with Crippen molar-refractivity contribution in [1.29, 1.82) is 0 Å². The van der Waals surface area contributed by atoms with Gasteiger partial charge < -0.3 is 5.32 Å². The van der Waals surface area contributed by atoms with Crippen LogP contribution in [0, 0.1) is 5.92 Å². The molecule has 1 atom stereocenters. The van der Waals surface area contributed by atoms with Gasteiger partial charge >= 0.3 is 0 Å². The van der Waals surface area contributed by atoms with Crippen molar-refractivity contribution < 1.29 is 0 Å². The summed E-state index contributed by atoms with van der Waals surface area (Å²) in [5, 5.41) is 4.26. The van der Waals surface area contributed by atoms with Crippen LogP contribution in [-0.4, -0.2) is 18.1 Å². The number of hydrogen-bond donors (Lipinski definition) is 1. The second-order valence-electron chi connectivity index (χ2n) is 3.88. The highest BCUT2D eigenvalue weighted by Crippen LogP contribution is 2.21.